The number of fused-ring (bicyclic) bond motifs is 1. The van der Waals surface area contributed by atoms with E-state index in [9.17, 15) is 9.18 Å². The van der Waals surface area contributed by atoms with Crippen LogP contribution in [0.15, 0.2) is 60.7 Å². The van der Waals surface area contributed by atoms with Crippen molar-refractivity contribution in [2.45, 2.75) is 51.2 Å². The third-order valence-corrected chi connectivity index (χ3v) is 6.98. The van der Waals surface area contributed by atoms with Crippen LogP contribution in [0, 0.1) is 12.7 Å². The Morgan fingerprint density at radius 3 is 2.75 bits per heavy atom. The number of esters is 1. The molecule has 3 aromatic carbocycles. The third kappa shape index (κ3) is 5.71. The van der Waals surface area contributed by atoms with Crippen LogP contribution in [0.4, 0.5) is 4.39 Å². The van der Waals surface area contributed by atoms with E-state index in [1.807, 2.05) is 37.3 Å². The number of halogens is 1. The van der Waals surface area contributed by atoms with Gasteiger partial charge in [0.25, 0.3) is 0 Å². The van der Waals surface area contributed by atoms with Crippen LogP contribution >= 0.6 is 0 Å². The van der Waals surface area contributed by atoms with Gasteiger partial charge in [0.05, 0.1) is 25.9 Å². The Kier molecular flexibility index (Phi) is 8.26. The molecule has 0 fully saturated rings. The quantitative estimate of drug-likeness (QED) is 0.269. The average molecular weight is 494 g/mol. The summed E-state index contributed by atoms with van der Waals surface area (Å²) in [7, 11) is 2.89. The lowest BCUT2D eigenvalue weighted by Crippen LogP contribution is -2.28. The van der Waals surface area contributed by atoms with Crippen LogP contribution in [0.5, 0.6) is 11.5 Å². The van der Waals surface area contributed by atoms with Gasteiger partial charge >= 0.3 is 5.97 Å². The van der Waals surface area contributed by atoms with Crippen molar-refractivity contribution in [2.24, 2.45) is 0 Å². The van der Waals surface area contributed by atoms with Crippen LogP contribution in [0.2, 0.25) is 0 Å². The maximum absolute atomic E-state index is 13.7. The lowest BCUT2D eigenvalue weighted by atomic mass is 9.82. The van der Waals surface area contributed by atoms with Gasteiger partial charge in [-0.25, -0.2) is 9.18 Å². The minimum atomic E-state index is -0.356. The highest BCUT2D eigenvalue weighted by Gasteiger charge is 2.29. The van der Waals surface area contributed by atoms with E-state index in [0.717, 1.165) is 53.8 Å². The highest BCUT2D eigenvalue weighted by Crippen LogP contribution is 2.41. The van der Waals surface area contributed by atoms with Gasteiger partial charge in [-0.1, -0.05) is 36.4 Å². The van der Waals surface area contributed by atoms with Gasteiger partial charge in [-0.2, -0.15) is 0 Å². The fourth-order valence-corrected chi connectivity index (χ4v) is 4.88. The van der Waals surface area contributed by atoms with Gasteiger partial charge in [0.1, 0.15) is 5.75 Å². The molecule has 3 aromatic rings. The minimum absolute atomic E-state index is 0. The summed E-state index contributed by atoms with van der Waals surface area (Å²) in [6.45, 7) is 4.79. The topological polar surface area (TPSA) is 56.8 Å². The van der Waals surface area contributed by atoms with E-state index in [1.165, 1.54) is 20.3 Å². The Balaban J connectivity index is 0.00000380. The molecule has 0 spiro atoms. The number of hydrogen-bond donors (Lipinski definition) is 1. The van der Waals surface area contributed by atoms with Crippen molar-refractivity contribution in [3.63, 3.8) is 0 Å². The molecule has 1 aliphatic rings. The first-order valence-corrected chi connectivity index (χ1v) is 12.4. The lowest BCUT2D eigenvalue weighted by molar-refractivity contribution is 0.0599. The summed E-state index contributed by atoms with van der Waals surface area (Å²) in [5.41, 5.74) is 4.73. The van der Waals surface area contributed by atoms with Crippen molar-refractivity contribution in [3.05, 3.63) is 94.3 Å². The number of carbonyl (C=O) groups is 1. The van der Waals surface area contributed by atoms with E-state index < -0.39 is 0 Å². The van der Waals surface area contributed by atoms with E-state index in [1.54, 1.807) is 12.1 Å². The van der Waals surface area contributed by atoms with Gasteiger partial charge < -0.3 is 19.5 Å². The van der Waals surface area contributed by atoms with Crippen LogP contribution in [0.25, 0.3) is 0 Å². The number of para-hydroxylation sites is 1. The molecule has 1 heterocycles. The Hall–Kier alpha value is -3.38. The molecule has 0 aromatic heterocycles. The van der Waals surface area contributed by atoms with E-state index in [0.29, 0.717) is 5.56 Å². The van der Waals surface area contributed by atoms with Gasteiger partial charge in [0.15, 0.2) is 11.6 Å². The number of rotatable bonds is 9. The molecule has 0 bridgehead atoms. The number of aryl methyl sites for hydroxylation is 1. The standard InChI is InChI=1S/C30H34FNO4.H2/c1-19-11-12-22(16-25(19)30(33)35-4)26-18-23(36-28-10-6-5-9-24(26)28)8-7-15-32-20(2)21-13-14-27(31)29(17-21)34-3;/h5-6,9-14,16-17,20,23,26,32H,7-8,15,18H2,1-4H3;1H/t20-,23+,26+;/m1./s1. The molecule has 5 nitrogen and oxygen atoms in total. The fraction of sp³-hybridized carbons (Fsp3) is 0.367. The highest BCUT2D eigenvalue weighted by molar-refractivity contribution is 5.91. The van der Waals surface area contributed by atoms with Crippen LogP contribution in [0.3, 0.4) is 0 Å². The van der Waals surface area contributed by atoms with Crippen molar-refractivity contribution in [2.75, 3.05) is 20.8 Å². The summed E-state index contributed by atoms with van der Waals surface area (Å²) in [5, 5.41) is 3.52. The van der Waals surface area contributed by atoms with Crippen molar-refractivity contribution < 1.29 is 24.8 Å². The number of hydrogen-bond acceptors (Lipinski definition) is 5. The summed E-state index contributed by atoms with van der Waals surface area (Å²) in [6, 6.07) is 19.2. The van der Waals surface area contributed by atoms with Crippen molar-refractivity contribution >= 4 is 5.97 Å². The van der Waals surface area contributed by atoms with Gasteiger partial charge in [0.2, 0.25) is 0 Å². The lowest BCUT2D eigenvalue weighted by Gasteiger charge is -2.33. The van der Waals surface area contributed by atoms with Crippen LogP contribution in [-0.4, -0.2) is 32.8 Å². The van der Waals surface area contributed by atoms with Gasteiger partial charge in [-0.15, -0.1) is 0 Å². The second-order valence-electron chi connectivity index (χ2n) is 9.34. The minimum Gasteiger partial charge on any atom is -0.494 e. The number of carbonyl (C=O) groups excluding carboxylic acids is 1. The SMILES string of the molecule is COC(=O)c1cc([C@@H]2C[C@H](CCCN[C@H](C)c3ccc(F)c(OC)c3)Oc3ccccc32)ccc1C.[HH]. The molecular weight excluding hydrogens is 457 g/mol. The van der Waals surface area contributed by atoms with Crippen LogP contribution < -0.4 is 14.8 Å². The number of benzene rings is 3. The molecule has 0 amide bonds. The van der Waals surface area contributed by atoms with E-state index >= 15 is 0 Å². The Bertz CT molecular complexity index is 1220. The van der Waals surface area contributed by atoms with Crippen molar-refractivity contribution in [3.8, 4) is 11.5 Å². The van der Waals surface area contributed by atoms with Crippen molar-refractivity contribution in [1.82, 2.24) is 5.32 Å². The molecule has 3 atom stereocenters. The van der Waals surface area contributed by atoms with Gasteiger partial charge in [-0.05, 0) is 80.6 Å². The third-order valence-electron chi connectivity index (χ3n) is 6.98. The fourth-order valence-electron chi connectivity index (χ4n) is 4.88. The normalized spacial score (nSPS) is 17.6. The molecule has 4 rings (SSSR count). The highest BCUT2D eigenvalue weighted by atomic mass is 19.1. The Labute approximate surface area is 214 Å². The maximum atomic E-state index is 13.7. The molecule has 0 aliphatic carbocycles. The monoisotopic (exact) mass is 493 g/mol. The Morgan fingerprint density at radius 2 is 1.97 bits per heavy atom. The first kappa shape index (κ1) is 25.7. The van der Waals surface area contributed by atoms with Gasteiger partial charge in [-0.3, -0.25) is 0 Å². The largest absolute Gasteiger partial charge is 0.494 e. The molecule has 0 saturated carbocycles. The summed E-state index contributed by atoms with van der Waals surface area (Å²) in [5.74, 6) is 0.629. The zero-order chi connectivity index (χ0) is 25.7. The second-order valence-corrected chi connectivity index (χ2v) is 9.34. The molecule has 0 radical (unpaired) electrons. The van der Waals surface area contributed by atoms with E-state index in [2.05, 4.69) is 24.4 Å². The smallest absolute Gasteiger partial charge is 0.338 e. The molecule has 6 heteroatoms. The first-order valence-electron chi connectivity index (χ1n) is 12.4. The second kappa shape index (κ2) is 11.6. The van der Waals surface area contributed by atoms with E-state index in [-0.39, 0.29) is 37.0 Å². The zero-order valence-corrected chi connectivity index (χ0v) is 21.3. The number of ether oxygens (including phenoxy) is 3. The van der Waals surface area contributed by atoms with Crippen LogP contribution in [0.1, 0.15) is 72.2 Å². The van der Waals surface area contributed by atoms with E-state index in [4.69, 9.17) is 14.2 Å². The summed E-state index contributed by atoms with van der Waals surface area (Å²) < 4.78 is 30.2. The van der Waals surface area contributed by atoms with Crippen LogP contribution in [-0.2, 0) is 4.74 Å². The molecule has 0 saturated heterocycles. The molecule has 192 valence electrons. The average Bonchev–Trinajstić information content (AvgIpc) is 2.90. The predicted octanol–water partition coefficient (Wildman–Crippen LogP) is 6.59. The number of methoxy groups -OCH3 is 2. The molecular formula is C30H36FNO4. The molecule has 1 N–H and O–H groups in total. The predicted molar refractivity (Wildman–Crippen MR) is 141 cm³/mol. The molecule has 1 aliphatic heterocycles. The number of nitrogens with one attached hydrogen (secondary N) is 1. The summed E-state index contributed by atoms with van der Waals surface area (Å²) in [6.07, 6.45) is 2.73. The maximum Gasteiger partial charge on any atom is 0.338 e. The van der Waals surface area contributed by atoms with Crippen molar-refractivity contribution in [1.29, 1.82) is 0 Å². The summed E-state index contributed by atoms with van der Waals surface area (Å²) in [4.78, 5) is 12.3. The van der Waals surface area contributed by atoms with Gasteiger partial charge in [0, 0.05) is 18.9 Å². The molecule has 0 unspecified atom stereocenters. The zero-order valence-electron chi connectivity index (χ0n) is 21.3. The Morgan fingerprint density at radius 1 is 1.17 bits per heavy atom. The molecule has 36 heavy (non-hydrogen) atoms. The summed E-state index contributed by atoms with van der Waals surface area (Å²) >= 11 is 0. The first-order chi connectivity index (χ1) is 17.4.